The summed E-state index contributed by atoms with van der Waals surface area (Å²) >= 11 is 1.52. The van der Waals surface area contributed by atoms with Crippen molar-refractivity contribution in [2.24, 2.45) is 0 Å². The number of carbonyl (C=O) groups excluding carboxylic acids is 2. The van der Waals surface area contributed by atoms with Gasteiger partial charge in [0.1, 0.15) is 0 Å². The van der Waals surface area contributed by atoms with E-state index >= 15 is 0 Å². The Bertz CT molecular complexity index is 1540. The first-order valence-corrected chi connectivity index (χ1v) is 15.4. The molecule has 44 heavy (non-hydrogen) atoms. The Hall–Kier alpha value is -4.29. The SMILES string of the molecule is Nc1ccccc1NC(=O)CCCC(=O)Nc1cccc([C@@H]2O[C@H](CSc3ncccn3)C[C@H](c3ccc(CO)cc3)O2)c1. The zero-order chi connectivity index (χ0) is 30.7. The summed E-state index contributed by atoms with van der Waals surface area (Å²) in [6.07, 6.45) is 3.77. The maximum absolute atomic E-state index is 12.7. The molecule has 1 aliphatic rings. The summed E-state index contributed by atoms with van der Waals surface area (Å²) in [5, 5.41) is 15.8. The number of aliphatic hydroxyl groups excluding tert-OH is 1. The van der Waals surface area contributed by atoms with E-state index < -0.39 is 6.29 Å². The molecule has 0 radical (unpaired) electrons. The molecule has 3 atom stereocenters. The fourth-order valence-electron chi connectivity index (χ4n) is 4.77. The minimum Gasteiger partial charge on any atom is -0.397 e. The summed E-state index contributed by atoms with van der Waals surface area (Å²) in [6.45, 7) is -0.0254. The van der Waals surface area contributed by atoms with E-state index in [0.717, 1.165) is 16.7 Å². The molecular weight excluding hydrogens is 578 g/mol. The number of aliphatic hydroxyl groups is 1. The zero-order valence-corrected chi connectivity index (χ0v) is 24.9. The molecule has 0 bridgehead atoms. The van der Waals surface area contributed by atoms with Crippen LogP contribution in [0.1, 0.15) is 54.8 Å². The highest BCUT2D eigenvalue weighted by atomic mass is 32.2. The van der Waals surface area contributed by atoms with Gasteiger partial charge in [-0.05, 0) is 47.9 Å². The smallest absolute Gasteiger partial charge is 0.224 e. The first-order chi connectivity index (χ1) is 21.5. The predicted molar refractivity (Wildman–Crippen MR) is 170 cm³/mol. The lowest BCUT2D eigenvalue weighted by atomic mass is 10.0. The quantitative estimate of drug-likeness (QED) is 0.0905. The Morgan fingerprint density at radius 3 is 2.39 bits per heavy atom. The third-order valence-electron chi connectivity index (χ3n) is 7.04. The molecule has 0 spiro atoms. The van der Waals surface area contributed by atoms with E-state index in [-0.39, 0.29) is 43.5 Å². The molecule has 1 aromatic heterocycles. The largest absolute Gasteiger partial charge is 0.397 e. The van der Waals surface area contributed by atoms with Gasteiger partial charge in [-0.1, -0.05) is 60.3 Å². The molecule has 0 saturated carbocycles. The standard InChI is InChI=1S/C33H35N5O5S/c34-27-8-1-2-9-28(27)38-31(41)11-4-10-30(40)37-25-7-3-6-24(18-25)32-42-26(21-44-33-35-16-5-17-36-33)19-29(43-32)23-14-12-22(20-39)13-15-23/h1-3,5-9,12-18,26,29,32,39H,4,10-11,19-21,34H2,(H,37,40)(H,38,41)/t26-,29+,32+/m0/s1. The van der Waals surface area contributed by atoms with Gasteiger partial charge in [-0.3, -0.25) is 9.59 Å². The van der Waals surface area contributed by atoms with Gasteiger partial charge in [-0.15, -0.1) is 0 Å². The number of hydrogen-bond acceptors (Lipinski definition) is 9. The predicted octanol–water partition coefficient (Wildman–Crippen LogP) is 5.64. The molecule has 1 saturated heterocycles. The van der Waals surface area contributed by atoms with Crippen LogP contribution in [0.3, 0.4) is 0 Å². The second-order valence-corrected chi connectivity index (χ2v) is 11.3. The molecule has 5 rings (SSSR count). The lowest BCUT2D eigenvalue weighted by Gasteiger charge is -2.36. The highest BCUT2D eigenvalue weighted by Gasteiger charge is 2.32. The van der Waals surface area contributed by atoms with Gasteiger partial charge >= 0.3 is 0 Å². The number of amides is 2. The van der Waals surface area contributed by atoms with E-state index in [9.17, 15) is 14.7 Å². The normalized spacial score (nSPS) is 18.0. The van der Waals surface area contributed by atoms with Crippen LogP contribution in [0.15, 0.2) is 96.4 Å². The molecule has 228 valence electrons. The van der Waals surface area contributed by atoms with Crippen molar-refractivity contribution in [3.63, 3.8) is 0 Å². The summed E-state index contributed by atoms with van der Waals surface area (Å²) in [4.78, 5) is 33.6. The Labute approximate surface area is 260 Å². The Kier molecular flexibility index (Phi) is 10.9. The van der Waals surface area contributed by atoms with Crippen LogP contribution in [0, 0.1) is 0 Å². The monoisotopic (exact) mass is 613 g/mol. The topological polar surface area (TPSA) is 149 Å². The fraction of sp³-hybridized carbons (Fsp3) is 0.273. The molecule has 5 N–H and O–H groups in total. The van der Waals surface area contributed by atoms with Crippen molar-refractivity contribution in [1.82, 2.24) is 9.97 Å². The minimum atomic E-state index is -0.667. The van der Waals surface area contributed by atoms with Gasteiger partial charge in [-0.2, -0.15) is 0 Å². The highest BCUT2D eigenvalue weighted by Crippen LogP contribution is 2.39. The van der Waals surface area contributed by atoms with Crippen molar-refractivity contribution in [3.05, 3.63) is 108 Å². The van der Waals surface area contributed by atoms with Gasteiger partial charge in [0.15, 0.2) is 11.4 Å². The van der Waals surface area contributed by atoms with Crippen LogP contribution < -0.4 is 16.4 Å². The Morgan fingerprint density at radius 2 is 1.64 bits per heavy atom. The van der Waals surface area contributed by atoms with Crippen LogP contribution in [-0.4, -0.2) is 38.7 Å². The van der Waals surface area contributed by atoms with E-state index in [1.807, 2.05) is 42.5 Å². The fourth-order valence-corrected chi connectivity index (χ4v) is 5.59. The Morgan fingerprint density at radius 1 is 0.886 bits per heavy atom. The van der Waals surface area contributed by atoms with Crippen LogP contribution in [0.4, 0.5) is 17.1 Å². The van der Waals surface area contributed by atoms with E-state index in [2.05, 4.69) is 20.6 Å². The summed E-state index contributed by atoms with van der Waals surface area (Å²) in [5.41, 5.74) is 10.1. The molecular formula is C33H35N5O5S. The number of nitrogen functional groups attached to an aromatic ring is 1. The van der Waals surface area contributed by atoms with Crippen molar-refractivity contribution >= 4 is 40.6 Å². The number of aromatic nitrogens is 2. The van der Waals surface area contributed by atoms with Gasteiger partial charge < -0.3 is 30.9 Å². The van der Waals surface area contributed by atoms with Crippen molar-refractivity contribution in [1.29, 1.82) is 0 Å². The summed E-state index contributed by atoms with van der Waals surface area (Å²) in [5.74, 6) is 0.241. The van der Waals surface area contributed by atoms with Gasteiger partial charge in [0.2, 0.25) is 11.8 Å². The third kappa shape index (κ3) is 8.87. The van der Waals surface area contributed by atoms with Crippen LogP contribution >= 0.6 is 11.8 Å². The second kappa shape index (κ2) is 15.4. The maximum atomic E-state index is 12.7. The summed E-state index contributed by atoms with van der Waals surface area (Å²) in [6, 6.07) is 23.9. The van der Waals surface area contributed by atoms with Gasteiger partial charge in [0.05, 0.1) is 30.2 Å². The number of nitrogens with two attached hydrogens (primary N) is 1. The number of thioether (sulfide) groups is 1. The highest BCUT2D eigenvalue weighted by molar-refractivity contribution is 7.99. The molecule has 4 aromatic rings. The van der Waals surface area contributed by atoms with Crippen LogP contribution in [0.5, 0.6) is 0 Å². The van der Waals surface area contributed by atoms with Gasteiger partial charge in [0, 0.05) is 48.7 Å². The second-order valence-electron chi connectivity index (χ2n) is 10.4. The number of hydrogen-bond donors (Lipinski definition) is 4. The van der Waals surface area contributed by atoms with Crippen molar-refractivity contribution in [2.45, 2.75) is 55.9 Å². The number of ether oxygens (including phenoxy) is 2. The van der Waals surface area contributed by atoms with E-state index in [1.54, 1.807) is 48.8 Å². The van der Waals surface area contributed by atoms with Crippen molar-refractivity contribution < 1.29 is 24.2 Å². The van der Waals surface area contributed by atoms with E-state index in [1.165, 1.54) is 11.8 Å². The Balaban J connectivity index is 1.20. The molecule has 0 unspecified atom stereocenters. The van der Waals surface area contributed by atoms with Gasteiger partial charge in [0.25, 0.3) is 0 Å². The number of nitrogens with one attached hydrogen (secondary N) is 2. The average Bonchev–Trinajstić information content (AvgIpc) is 3.05. The van der Waals surface area contributed by atoms with Crippen molar-refractivity contribution in [3.8, 4) is 0 Å². The molecule has 1 aliphatic heterocycles. The third-order valence-corrected chi connectivity index (χ3v) is 8.05. The minimum absolute atomic E-state index is 0.0254. The number of anilines is 3. The lowest BCUT2D eigenvalue weighted by Crippen LogP contribution is -2.31. The van der Waals surface area contributed by atoms with Crippen molar-refractivity contribution in [2.75, 3.05) is 22.1 Å². The molecule has 0 aliphatic carbocycles. The first-order valence-electron chi connectivity index (χ1n) is 14.4. The van der Waals surface area contributed by atoms with Crippen LogP contribution in [0.25, 0.3) is 0 Å². The molecule has 2 amide bonds. The lowest BCUT2D eigenvalue weighted by molar-refractivity contribution is -0.245. The molecule has 1 fully saturated rings. The van der Waals surface area contributed by atoms with E-state index in [0.29, 0.717) is 40.8 Å². The van der Waals surface area contributed by atoms with Crippen LogP contribution in [-0.2, 0) is 25.7 Å². The number of rotatable bonds is 12. The zero-order valence-electron chi connectivity index (χ0n) is 24.1. The summed E-state index contributed by atoms with van der Waals surface area (Å²) < 4.78 is 12.8. The van der Waals surface area contributed by atoms with Crippen LogP contribution in [0.2, 0.25) is 0 Å². The maximum Gasteiger partial charge on any atom is 0.224 e. The molecule has 3 aromatic carbocycles. The molecule has 11 heteroatoms. The summed E-state index contributed by atoms with van der Waals surface area (Å²) in [7, 11) is 0. The number of nitrogens with zero attached hydrogens (tertiary/aromatic N) is 2. The first kappa shape index (κ1) is 31.1. The average molecular weight is 614 g/mol. The van der Waals surface area contributed by atoms with E-state index in [4.69, 9.17) is 15.2 Å². The number of carbonyl (C=O) groups is 2. The molecule has 10 nitrogen and oxygen atoms in total. The van der Waals surface area contributed by atoms with Gasteiger partial charge in [-0.25, -0.2) is 9.97 Å². The number of para-hydroxylation sites is 2. The molecule has 2 heterocycles. The number of benzene rings is 3.